The van der Waals surface area contributed by atoms with Gasteiger partial charge in [0.05, 0.1) is 23.9 Å². The van der Waals surface area contributed by atoms with E-state index in [0.717, 1.165) is 6.33 Å². The third kappa shape index (κ3) is 6.10. The van der Waals surface area contributed by atoms with Crippen molar-refractivity contribution in [2.75, 3.05) is 20.8 Å². The van der Waals surface area contributed by atoms with Gasteiger partial charge in [-0.25, -0.2) is 14.7 Å². The van der Waals surface area contributed by atoms with Crippen LogP contribution < -0.4 is 5.73 Å². The Kier molecular flexibility index (Phi) is 8.62. The van der Waals surface area contributed by atoms with Crippen LogP contribution in [0.1, 0.15) is 29.8 Å². The molecule has 0 aliphatic heterocycles. The number of carbonyl (C=O) groups excluding carboxylic acids is 1. The molecule has 39 heavy (non-hydrogen) atoms. The molecule has 2 aromatic carbocycles. The van der Waals surface area contributed by atoms with Gasteiger partial charge in [-0.15, -0.1) is 5.10 Å². The van der Waals surface area contributed by atoms with Crippen LogP contribution >= 0.6 is 11.6 Å². The molecule has 0 radical (unpaired) electrons. The molecule has 2 heterocycles. The molecule has 0 aliphatic rings. The standard InChI is InChI=1S/C25H24ClF3N8O2/c1-35(22(13-39-2)17-7-8-20(26)19(9-17)23-31-14-33-37(23)29)25(30)34-21(12-38)16-5-3-15(4-6-16)18-10-32-36(11-18)24(27)28/h3-12,14,21-22,24H,13H2,1-2H3,(H2,30,34). The molecular weight excluding hydrogens is 537 g/mol. The van der Waals surface area contributed by atoms with Crippen molar-refractivity contribution in [3.63, 3.8) is 0 Å². The molecule has 0 amide bonds. The Morgan fingerprint density at radius 1 is 1.18 bits per heavy atom. The van der Waals surface area contributed by atoms with E-state index in [4.69, 9.17) is 22.1 Å². The summed E-state index contributed by atoms with van der Waals surface area (Å²) in [7, 11) is 3.20. The molecule has 2 aromatic heterocycles. The van der Waals surface area contributed by atoms with Crippen LogP contribution in [0.5, 0.6) is 0 Å². The van der Waals surface area contributed by atoms with E-state index in [9.17, 15) is 18.1 Å². The number of guanidine groups is 1. The quantitative estimate of drug-likeness (QED) is 0.173. The van der Waals surface area contributed by atoms with Crippen molar-refractivity contribution in [3.05, 3.63) is 77.3 Å². The van der Waals surface area contributed by atoms with Gasteiger partial charge < -0.3 is 20.2 Å². The fraction of sp³-hybridized carbons (Fsp3) is 0.240. The van der Waals surface area contributed by atoms with Crippen molar-refractivity contribution >= 4 is 23.8 Å². The highest BCUT2D eigenvalue weighted by Crippen LogP contribution is 2.31. The number of nitrogens with two attached hydrogens (primary N) is 1. The van der Waals surface area contributed by atoms with Gasteiger partial charge >= 0.3 is 6.55 Å². The van der Waals surface area contributed by atoms with Crippen molar-refractivity contribution in [1.29, 1.82) is 0 Å². The summed E-state index contributed by atoms with van der Waals surface area (Å²) in [6.07, 6.45) is 4.28. The van der Waals surface area contributed by atoms with E-state index in [-0.39, 0.29) is 28.3 Å². The highest BCUT2D eigenvalue weighted by molar-refractivity contribution is 6.33. The number of ether oxygens (including phenoxy) is 1. The number of halogens is 4. The van der Waals surface area contributed by atoms with Gasteiger partial charge in [-0.2, -0.15) is 13.9 Å². The number of aldehydes is 1. The number of hydrogen-bond donors (Lipinski definition) is 1. The number of aromatic nitrogens is 5. The first-order valence-corrected chi connectivity index (χ1v) is 11.9. The predicted octanol–water partition coefficient (Wildman–Crippen LogP) is 4.46. The molecule has 0 saturated carbocycles. The van der Waals surface area contributed by atoms with Crippen LogP contribution in [0.25, 0.3) is 22.5 Å². The van der Waals surface area contributed by atoms with Crippen molar-refractivity contribution in [3.8, 4) is 22.5 Å². The second-order valence-electron chi connectivity index (χ2n) is 8.44. The Morgan fingerprint density at radius 2 is 1.90 bits per heavy atom. The number of nitrogens with zero attached hydrogens (tertiary/aromatic N) is 7. The van der Waals surface area contributed by atoms with Crippen molar-refractivity contribution < 1.29 is 22.8 Å². The summed E-state index contributed by atoms with van der Waals surface area (Å²) in [5.41, 5.74) is 9.00. The van der Waals surface area contributed by atoms with Crippen molar-refractivity contribution in [2.45, 2.75) is 18.6 Å². The maximum absolute atomic E-state index is 14.0. The topological polar surface area (TPSA) is 116 Å². The molecule has 0 spiro atoms. The van der Waals surface area contributed by atoms with Gasteiger partial charge in [0.25, 0.3) is 0 Å². The summed E-state index contributed by atoms with van der Waals surface area (Å²) < 4.78 is 45.6. The van der Waals surface area contributed by atoms with E-state index in [2.05, 4.69) is 20.2 Å². The second-order valence-corrected chi connectivity index (χ2v) is 8.85. The van der Waals surface area contributed by atoms with Crippen molar-refractivity contribution in [1.82, 2.24) is 29.7 Å². The van der Waals surface area contributed by atoms with Crippen LogP contribution in [-0.2, 0) is 9.53 Å². The number of aliphatic imine (C=N–C) groups is 1. The first-order chi connectivity index (χ1) is 18.7. The van der Waals surface area contributed by atoms with Gasteiger partial charge in [0.1, 0.15) is 18.7 Å². The highest BCUT2D eigenvalue weighted by atomic mass is 35.5. The number of methoxy groups -OCH3 is 1. The van der Waals surface area contributed by atoms with Gasteiger partial charge in [0.2, 0.25) is 0 Å². The minimum absolute atomic E-state index is 0.0431. The molecule has 0 aliphatic carbocycles. The van der Waals surface area contributed by atoms with E-state index in [0.29, 0.717) is 38.8 Å². The minimum atomic E-state index is -2.74. The maximum Gasteiger partial charge on any atom is 0.333 e. The molecule has 204 valence electrons. The zero-order chi connectivity index (χ0) is 28.1. The Balaban J connectivity index is 1.58. The number of benzene rings is 2. The molecule has 2 unspecified atom stereocenters. The number of hydrogen-bond acceptors (Lipinski definition) is 6. The SMILES string of the molecule is COCC(c1ccc(Cl)c(-c2ncnn2F)c1)N(C)C(N)=NC(C=O)c1ccc(-c2cnn(C(F)F)c2)cc1. The molecule has 4 aromatic rings. The smallest absolute Gasteiger partial charge is 0.333 e. The maximum atomic E-state index is 14.0. The molecule has 2 N–H and O–H groups in total. The first-order valence-electron chi connectivity index (χ1n) is 11.5. The van der Waals surface area contributed by atoms with Crippen LogP contribution in [0, 0.1) is 0 Å². The van der Waals surface area contributed by atoms with Gasteiger partial charge in [0, 0.05) is 31.5 Å². The fourth-order valence-electron chi connectivity index (χ4n) is 3.95. The van der Waals surface area contributed by atoms with Crippen LogP contribution in [0.2, 0.25) is 5.02 Å². The summed E-state index contributed by atoms with van der Waals surface area (Å²) in [4.78, 5) is 22.0. The lowest BCUT2D eigenvalue weighted by atomic mass is 10.0. The molecule has 14 heteroatoms. The van der Waals surface area contributed by atoms with Crippen LogP contribution in [0.15, 0.2) is 66.2 Å². The lowest BCUT2D eigenvalue weighted by Crippen LogP contribution is -2.39. The Bertz CT molecular complexity index is 1460. The van der Waals surface area contributed by atoms with Gasteiger partial charge in [0.15, 0.2) is 11.8 Å². The molecule has 0 fully saturated rings. The normalized spacial score (nSPS) is 13.5. The van der Waals surface area contributed by atoms with Gasteiger partial charge in [-0.05, 0) is 28.8 Å². The van der Waals surface area contributed by atoms with Crippen LogP contribution in [-0.4, -0.2) is 62.7 Å². The lowest BCUT2D eigenvalue weighted by molar-refractivity contribution is -0.108. The monoisotopic (exact) mass is 560 g/mol. The first kappa shape index (κ1) is 27.8. The highest BCUT2D eigenvalue weighted by Gasteiger charge is 2.23. The molecular formula is C25H24ClF3N8O2. The zero-order valence-corrected chi connectivity index (χ0v) is 21.6. The van der Waals surface area contributed by atoms with Gasteiger partial charge in [-0.3, -0.25) is 0 Å². The van der Waals surface area contributed by atoms with E-state index in [1.807, 2.05) is 0 Å². The zero-order valence-electron chi connectivity index (χ0n) is 20.8. The van der Waals surface area contributed by atoms with E-state index >= 15 is 0 Å². The summed E-state index contributed by atoms with van der Waals surface area (Å²) in [6, 6.07) is 10.3. The van der Waals surface area contributed by atoms with Crippen LogP contribution in [0.3, 0.4) is 0 Å². The average Bonchev–Trinajstić information content (AvgIpc) is 3.60. The molecule has 0 saturated heterocycles. The van der Waals surface area contributed by atoms with E-state index in [1.165, 1.54) is 19.5 Å². The second kappa shape index (κ2) is 12.1. The summed E-state index contributed by atoms with van der Waals surface area (Å²) in [6.45, 7) is -2.56. The third-order valence-corrected chi connectivity index (χ3v) is 6.39. The number of rotatable bonds is 10. The lowest BCUT2D eigenvalue weighted by Gasteiger charge is -2.29. The fourth-order valence-corrected chi connectivity index (χ4v) is 4.15. The number of alkyl halides is 2. The summed E-state index contributed by atoms with van der Waals surface area (Å²) in [5, 5.41) is 7.36. The summed E-state index contributed by atoms with van der Waals surface area (Å²) in [5.74, 6) is -0.0186. The average molecular weight is 561 g/mol. The molecule has 10 nitrogen and oxygen atoms in total. The van der Waals surface area contributed by atoms with E-state index in [1.54, 1.807) is 54.4 Å². The molecule has 0 bridgehead atoms. The predicted molar refractivity (Wildman–Crippen MR) is 139 cm³/mol. The summed E-state index contributed by atoms with van der Waals surface area (Å²) >= 11 is 6.29. The minimum Gasteiger partial charge on any atom is -0.382 e. The van der Waals surface area contributed by atoms with Crippen LogP contribution in [0.4, 0.5) is 13.3 Å². The Labute approximate surface area is 226 Å². The Hall–Kier alpha value is -4.23. The number of carbonyl (C=O) groups is 1. The molecule has 2 atom stereocenters. The number of likely N-dealkylation sites (N-methyl/N-ethyl adjacent to an activating group) is 1. The van der Waals surface area contributed by atoms with E-state index < -0.39 is 18.6 Å². The third-order valence-electron chi connectivity index (χ3n) is 6.06. The largest absolute Gasteiger partial charge is 0.382 e. The van der Waals surface area contributed by atoms with Gasteiger partial charge in [-0.1, -0.05) is 51.3 Å². The molecule has 4 rings (SSSR count). The van der Waals surface area contributed by atoms with Crippen molar-refractivity contribution in [2.24, 2.45) is 10.7 Å². The Morgan fingerprint density at radius 3 is 2.49 bits per heavy atom.